The monoisotopic (exact) mass is 225 g/mol. The summed E-state index contributed by atoms with van der Waals surface area (Å²) in [6.07, 6.45) is 7.00. The summed E-state index contributed by atoms with van der Waals surface area (Å²) in [4.78, 5) is 0. The van der Waals surface area contributed by atoms with Crippen LogP contribution in [0.3, 0.4) is 0 Å². The maximum absolute atomic E-state index is 5.43. The van der Waals surface area contributed by atoms with E-state index in [1.165, 1.54) is 38.6 Å². The zero-order valence-corrected chi connectivity index (χ0v) is 10.9. The summed E-state index contributed by atoms with van der Waals surface area (Å²) in [5, 5.41) is 3.59. The summed E-state index contributed by atoms with van der Waals surface area (Å²) in [5.74, 6) is 2.93. The van der Waals surface area contributed by atoms with Gasteiger partial charge in [-0.15, -0.1) is 0 Å². The maximum Gasteiger partial charge on any atom is 0.0468 e. The van der Waals surface area contributed by atoms with Crippen LogP contribution in [-0.4, -0.2) is 25.8 Å². The SMILES string of the molecule is CC(C)NCC1CCC1CC1CCOCC1. The Kier molecular flexibility index (Phi) is 4.66. The summed E-state index contributed by atoms with van der Waals surface area (Å²) < 4.78 is 5.43. The number of nitrogens with one attached hydrogen (secondary N) is 1. The Balaban J connectivity index is 1.65. The molecule has 1 aliphatic heterocycles. The highest BCUT2D eigenvalue weighted by Gasteiger charge is 2.32. The summed E-state index contributed by atoms with van der Waals surface area (Å²) in [6.45, 7) is 7.74. The average Bonchev–Trinajstić information content (AvgIpc) is 2.26. The van der Waals surface area contributed by atoms with Crippen molar-refractivity contribution in [3.05, 3.63) is 0 Å². The van der Waals surface area contributed by atoms with E-state index in [2.05, 4.69) is 19.2 Å². The first-order valence-electron chi connectivity index (χ1n) is 7.07. The number of hydrogen-bond donors (Lipinski definition) is 1. The fourth-order valence-corrected chi connectivity index (χ4v) is 3.01. The van der Waals surface area contributed by atoms with E-state index in [0.29, 0.717) is 6.04 Å². The van der Waals surface area contributed by atoms with Crippen LogP contribution in [0.15, 0.2) is 0 Å². The number of hydrogen-bond acceptors (Lipinski definition) is 2. The lowest BCUT2D eigenvalue weighted by Gasteiger charge is -2.40. The smallest absolute Gasteiger partial charge is 0.0468 e. The minimum Gasteiger partial charge on any atom is -0.381 e. The molecule has 2 nitrogen and oxygen atoms in total. The lowest BCUT2D eigenvalue weighted by Crippen LogP contribution is -2.39. The van der Waals surface area contributed by atoms with Crippen LogP contribution in [0, 0.1) is 17.8 Å². The van der Waals surface area contributed by atoms with E-state index in [-0.39, 0.29) is 0 Å². The van der Waals surface area contributed by atoms with E-state index in [9.17, 15) is 0 Å². The fourth-order valence-electron chi connectivity index (χ4n) is 3.01. The van der Waals surface area contributed by atoms with Crippen molar-refractivity contribution >= 4 is 0 Å². The highest BCUT2D eigenvalue weighted by Crippen LogP contribution is 2.40. The van der Waals surface area contributed by atoms with Gasteiger partial charge < -0.3 is 10.1 Å². The van der Waals surface area contributed by atoms with Crippen molar-refractivity contribution in [2.24, 2.45) is 17.8 Å². The van der Waals surface area contributed by atoms with Gasteiger partial charge in [-0.1, -0.05) is 13.8 Å². The first-order valence-corrected chi connectivity index (χ1v) is 7.07. The van der Waals surface area contributed by atoms with Crippen LogP contribution in [0.2, 0.25) is 0 Å². The van der Waals surface area contributed by atoms with Crippen LogP contribution >= 0.6 is 0 Å². The number of rotatable bonds is 5. The van der Waals surface area contributed by atoms with Crippen molar-refractivity contribution in [2.75, 3.05) is 19.8 Å². The molecule has 1 aliphatic carbocycles. The minimum atomic E-state index is 0.643. The van der Waals surface area contributed by atoms with Gasteiger partial charge in [-0.05, 0) is 56.4 Å². The van der Waals surface area contributed by atoms with Crippen molar-refractivity contribution in [3.8, 4) is 0 Å². The Morgan fingerprint density at radius 3 is 2.31 bits per heavy atom. The predicted octanol–water partition coefficient (Wildman–Crippen LogP) is 2.83. The third-order valence-corrected chi connectivity index (χ3v) is 4.34. The second kappa shape index (κ2) is 6.02. The summed E-state index contributed by atoms with van der Waals surface area (Å²) in [7, 11) is 0. The van der Waals surface area contributed by atoms with Gasteiger partial charge in [-0.25, -0.2) is 0 Å². The molecule has 1 N–H and O–H groups in total. The molecule has 0 amide bonds. The van der Waals surface area contributed by atoms with Gasteiger partial charge in [0.15, 0.2) is 0 Å². The van der Waals surface area contributed by atoms with Crippen molar-refractivity contribution in [1.82, 2.24) is 5.32 Å². The predicted molar refractivity (Wildman–Crippen MR) is 67.5 cm³/mol. The molecule has 0 aromatic carbocycles. The molecule has 2 heteroatoms. The molecule has 0 bridgehead atoms. The second-order valence-electron chi connectivity index (χ2n) is 5.95. The highest BCUT2D eigenvalue weighted by atomic mass is 16.5. The van der Waals surface area contributed by atoms with Crippen molar-refractivity contribution in [2.45, 2.75) is 52.0 Å². The van der Waals surface area contributed by atoms with Gasteiger partial charge in [0.25, 0.3) is 0 Å². The van der Waals surface area contributed by atoms with Crippen LogP contribution in [0.25, 0.3) is 0 Å². The summed E-state index contributed by atoms with van der Waals surface area (Å²) >= 11 is 0. The van der Waals surface area contributed by atoms with Crippen LogP contribution in [-0.2, 0) is 4.74 Å². The molecule has 0 spiro atoms. The lowest BCUT2D eigenvalue weighted by atomic mass is 9.68. The Morgan fingerprint density at radius 2 is 1.75 bits per heavy atom. The van der Waals surface area contributed by atoms with E-state index < -0.39 is 0 Å². The number of ether oxygens (including phenoxy) is 1. The van der Waals surface area contributed by atoms with Crippen LogP contribution < -0.4 is 5.32 Å². The molecule has 0 aromatic rings. The Hall–Kier alpha value is -0.0800. The topological polar surface area (TPSA) is 21.3 Å². The van der Waals surface area contributed by atoms with Gasteiger partial charge in [0.05, 0.1) is 0 Å². The zero-order chi connectivity index (χ0) is 11.4. The van der Waals surface area contributed by atoms with Gasteiger partial charge in [-0.3, -0.25) is 0 Å². The van der Waals surface area contributed by atoms with Crippen molar-refractivity contribution in [1.29, 1.82) is 0 Å². The quantitative estimate of drug-likeness (QED) is 0.777. The van der Waals surface area contributed by atoms with Gasteiger partial charge >= 0.3 is 0 Å². The molecule has 0 aromatic heterocycles. The third-order valence-electron chi connectivity index (χ3n) is 4.34. The highest BCUT2D eigenvalue weighted by molar-refractivity contribution is 4.84. The van der Waals surface area contributed by atoms with Crippen LogP contribution in [0.5, 0.6) is 0 Å². The molecule has 2 atom stereocenters. The molecule has 2 unspecified atom stereocenters. The van der Waals surface area contributed by atoms with E-state index in [1.54, 1.807) is 0 Å². The van der Waals surface area contributed by atoms with Gasteiger partial charge in [0.1, 0.15) is 0 Å². The van der Waals surface area contributed by atoms with Gasteiger partial charge in [0, 0.05) is 19.3 Å². The van der Waals surface area contributed by atoms with Gasteiger partial charge in [-0.2, -0.15) is 0 Å². The average molecular weight is 225 g/mol. The molecule has 2 fully saturated rings. The fraction of sp³-hybridized carbons (Fsp3) is 1.00. The standard InChI is InChI=1S/C14H27NO/c1-11(2)15-10-14-4-3-13(14)9-12-5-7-16-8-6-12/h11-15H,3-10H2,1-2H3. The molecular formula is C14H27NO. The second-order valence-corrected chi connectivity index (χ2v) is 5.95. The molecule has 0 radical (unpaired) electrons. The van der Waals surface area contributed by atoms with E-state index in [4.69, 9.17) is 4.74 Å². The van der Waals surface area contributed by atoms with E-state index in [1.807, 2.05) is 0 Å². The first-order chi connectivity index (χ1) is 7.75. The van der Waals surface area contributed by atoms with Crippen molar-refractivity contribution < 1.29 is 4.74 Å². The molecule has 94 valence electrons. The third kappa shape index (κ3) is 3.46. The minimum absolute atomic E-state index is 0.643. The van der Waals surface area contributed by atoms with E-state index in [0.717, 1.165) is 31.0 Å². The normalized spacial score (nSPS) is 31.7. The molecule has 16 heavy (non-hydrogen) atoms. The zero-order valence-electron chi connectivity index (χ0n) is 10.9. The van der Waals surface area contributed by atoms with Crippen LogP contribution in [0.4, 0.5) is 0 Å². The van der Waals surface area contributed by atoms with Gasteiger partial charge in [0.2, 0.25) is 0 Å². The molecule has 2 rings (SSSR count). The molecular weight excluding hydrogens is 198 g/mol. The Morgan fingerprint density at radius 1 is 1.06 bits per heavy atom. The largest absolute Gasteiger partial charge is 0.381 e. The Labute approximate surface area is 100 Å². The maximum atomic E-state index is 5.43. The summed E-state index contributed by atoms with van der Waals surface area (Å²) in [6, 6.07) is 0.643. The molecule has 1 heterocycles. The lowest BCUT2D eigenvalue weighted by molar-refractivity contribution is 0.0415. The van der Waals surface area contributed by atoms with E-state index >= 15 is 0 Å². The molecule has 2 aliphatic rings. The van der Waals surface area contributed by atoms with Crippen LogP contribution in [0.1, 0.15) is 46.0 Å². The molecule has 1 saturated carbocycles. The van der Waals surface area contributed by atoms with Crippen molar-refractivity contribution in [3.63, 3.8) is 0 Å². The summed E-state index contributed by atoms with van der Waals surface area (Å²) in [5.41, 5.74) is 0. The molecule has 1 saturated heterocycles. The Bertz CT molecular complexity index is 199. The first kappa shape index (κ1) is 12.4.